The number of benzene rings is 1. The zero-order valence-corrected chi connectivity index (χ0v) is 16.1. The van der Waals surface area contributed by atoms with Gasteiger partial charge in [0.2, 0.25) is 5.91 Å². The molecule has 1 aromatic heterocycles. The van der Waals surface area contributed by atoms with Crippen molar-refractivity contribution in [3.05, 3.63) is 48.2 Å². The monoisotopic (exact) mass is 387 g/mol. The minimum atomic E-state index is -0.293. The Morgan fingerprint density at radius 1 is 1.36 bits per heavy atom. The first-order valence-corrected chi connectivity index (χ1v) is 9.45. The van der Waals surface area contributed by atoms with Crippen LogP contribution in [0.25, 0.3) is 0 Å². The smallest absolute Gasteiger partial charge is 0.222 e. The van der Waals surface area contributed by atoms with Gasteiger partial charge in [-0.15, -0.1) is 0 Å². The summed E-state index contributed by atoms with van der Waals surface area (Å²) in [7, 11) is 2.02. The molecule has 150 valence electrons. The second-order valence-electron chi connectivity index (χ2n) is 7.00. The molecule has 1 aliphatic rings. The van der Waals surface area contributed by atoms with E-state index >= 15 is 0 Å². The summed E-state index contributed by atoms with van der Waals surface area (Å²) in [4.78, 5) is 25.0. The zero-order chi connectivity index (χ0) is 19.9. The fourth-order valence-corrected chi connectivity index (χ4v) is 3.27. The highest BCUT2D eigenvalue weighted by molar-refractivity contribution is 5.76. The van der Waals surface area contributed by atoms with E-state index in [9.17, 15) is 9.18 Å². The highest BCUT2D eigenvalue weighted by atomic mass is 19.1. The maximum Gasteiger partial charge on any atom is 0.222 e. The third-order valence-corrected chi connectivity index (χ3v) is 4.87. The molecule has 2 aromatic rings. The Morgan fingerprint density at radius 2 is 2.14 bits per heavy atom. The van der Waals surface area contributed by atoms with E-state index < -0.39 is 0 Å². The molecular weight excluding hydrogens is 361 g/mol. The van der Waals surface area contributed by atoms with Crippen molar-refractivity contribution in [2.75, 3.05) is 32.5 Å². The summed E-state index contributed by atoms with van der Waals surface area (Å²) in [5.74, 6) is 1.60. The Hall–Kier alpha value is -2.74. The molecule has 28 heavy (non-hydrogen) atoms. The number of likely N-dealkylation sites (N-methyl/N-ethyl adjacent to an activating group) is 1. The number of anilines is 1. The standard InChI is InChI=1S/C20H26FN5O2/c1-25(14-19-23-10-8-18(22)24-19)16-9-11-26(13-16)20(27)3-2-12-28-17-6-4-15(21)5-7-17/h4-8,10,16H,2-3,9,11-14H2,1H3,(H2,22,23,24)/t16-/m1/s1. The molecular formula is C20H26FN5O2. The number of aromatic nitrogens is 2. The van der Waals surface area contributed by atoms with Gasteiger partial charge in [-0.2, -0.15) is 0 Å². The molecule has 8 heteroatoms. The predicted octanol–water partition coefficient (Wildman–Crippen LogP) is 2.09. The number of ether oxygens (including phenoxy) is 1. The van der Waals surface area contributed by atoms with Crippen LogP contribution in [0.5, 0.6) is 5.75 Å². The first-order chi connectivity index (χ1) is 13.5. The average molecular weight is 387 g/mol. The number of likely N-dealkylation sites (tertiary alicyclic amines) is 1. The lowest BCUT2D eigenvalue weighted by molar-refractivity contribution is -0.130. The molecule has 2 N–H and O–H groups in total. The molecule has 0 unspecified atom stereocenters. The van der Waals surface area contributed by atoms with Crippen LogP contribution in [0.1, 0.15) is 25.1 Å². The van der Waals surface area contributed by atoms with Gasteiger partial charge in [0.05, 0.1) is 13.2 Å². The normalized spacial score (nSPS) is 16.5. The van der Waals surface area contributed by atoms with Gasteiger partial charge >= 0.3 is 0 Å². The molecule has 0 aliphatic carbocycles. The van der Waals surface area contributed by atoms with Crippen LogP contribution in [0, 0.1) is 5.82 Å². The van der Waals surface area contributed by atoms with Gasteiger partial charge in [0.15, 0.2) is 0 Å². The van der Waals surface area contributed by atoms with Crippen molar-refractivity contribution >= 4 is 11.7 Å². The Kier molecular flexibility index (Phi) is 6.76. The summed E-state index contributed by atoms with van der Waals surface area (Å²) in [5.41, 5.74) is 5.70. The van der Waals surface area contributed by atoms with Crippen molar-refractivity contribution in [2.45, 2.75) is 31.8 Å². The number of nitrogens with zero attached hydrogens (tertiary/aromatic N) is 4. The number of halogens is 1. The number of amides is 1. The Bertz CT molecular complexity index is 786. The van der Waals surface area contributed by atoms with E-state index in [1.165, 1.54) is 12.1 Å². The zero-order valence-electron chi connectivity index (χ0n) is 16.1. The molecule has 1 aliphatic heterocycles. The van der Waals surface area contributed by atoms with Crippen LogP contribution >= 0.6 is 0 Å². The number of hydrogen-bond donors (Lipinski definition) is 1. The van der Waals surface area contributed by atoms with E-state index in [-0.39, 0.29) is 17.8 Å². The number of rotatable bonds is 8. The molecule has 1 atom stereocenters. The third kappa shape index (κ3) is 5.63. The van der Waals surface area contributed by atoms with Crippen molar-refractivity contribution in [3.63, 3.8) is 0 Å². The predicted molar refractivity (Wildman–Crippen MR) is 104 cm³/mol. The SMILES string of the molecule is CN(Cc1nccc(N)n1)[C@@H]1CCN(C(=O)CCCOc2ccc(F)cc2)C1. The largest absolute Gasteiger partial charge is 0.494 e. The number of hydrogen-bond acceptors (Lipinski definition) is 6. The summed E-state index contributed by atoms with van der Waals surface area (Å²) in [6.07, 6.45) is 3.65. The van der Waals surface area contributed by atoms with Gasteiger partial charge in [0, 0.05) is 31.7 Å². The van der Waals surface area contributed by atoms with Crippen LogP contribution in [0.4, 0.5) is 10.2 Å². The minimum absolute atomic E-state index is 0.138. The first-order valence-electron chi connectivity index (χ1n) is 9.45. The summed E-state index contributed by atoms with van der Waals surface area (Å²) < 4.78 is 18.4. The Balaban J connectivity index is 1.38. The lowest BCUT2D eigenvalue weighted by atomic mass is 10.2. The lowest BCUT2D eigenvalue weighted by Gasteiger charge is -2.24. The van der Waals surface area contributed by atoms with Crippen LogP contribution in [0.15, 0.2) is 36.5 Å². The van der Waals surface area contributed by atoms with Gasteiger partial charge in [-0.25, -0.2) is 14.4 Å². The highest BCUT2D eigenvalue weighted by Gasteiger charge is 2.28. The molecule has 7 nitrogen and oxygen atoms in total. The van der Waals surface area contributed by atoms with Gasteiger partial charge in [-0.3, -0.25) is 9.69 Å². The van der Waals surface area contributed by atoms with Crippen LogP contribution in [0.2, 0.25) is 0 Å². The molecule has 3 rings (SSSR count). The van der Waals surface area contributed by atoms with E-state index in [4.69, 9.17) is 10.5 Å². The number of carbonyl (C=O) groups excluding carboxylic acids is 1. The molecule has 1 amide bonds. The number of nitrogen functional groups attached to an aromatic ring is 1. The Morgan fingerprint density at radius 3 is 2.89 bits per heavy atom. The van der Waals surface area contributed by atoms with Crippen LogP contribution in [-0.2, 0) is 11.3 Å². The van der Waals surface area contributed by atoms with Crippen LogP contribution < -0.4 is 10.5 Å². The van der Waals surface area contributed by atoms with Crippen LogP contribution in [0.3, 0.4) is 0 Å². The fraction of sp³-hybridized carbons (Fsp3) is 0.450. The fourth-order valence-electron chi connectivity index (χ4n) is 3.27. The summed E-state index contributed by atoms with van der Waals surface area (Å²) >= 11 is 0. The quantitative estimate of drug-likeness (QED) is 0.698. The molecule has 2 heterocycles. The minimum Gasteiger partial charge on any atom is -0.494 e. The van der Waals surface area contributed by atoms with E-state index in [1.54, 1.807) is 24.4 Å². The van der Waals surface area contributed by atoms with Gasteiger partial charge in [-0.1, -0.05) is 0 Å². The van der Waals surface area contributed by atoms with E-state index in [0.717, 1.165) is 13.0 Å². The number of nitrogens with two attached hydrogens (primary N) is 1. The van der Waals surface area contributed by atoms with E-state index in [2.05, 4.69) is 14.9 Å². The summed E-state index contributed by atoms with van der Waals surface area (Å²) in [6.45, 7) is 2.49. The number of carbonyl (C=O) groups is 1. The van der Waals surface area contributed by atoms with Gasteiger partial charge in [0.25, 0.3) is 0 Å². The third-order valence-electron chi connectivity index (χ3n) is 4.87. The molecule has 1 fully saturated rings. The van der Waals surface area contributed by atoms with E-state index in [1.807, 2.05) is 11.9 Å². The van der Waals surface area contributed by atoms with Crippen LogP contribution in [-0.4, -0.2) is 58.5 Å². The van der Waals surface area contributed by atoms with E-state index in [0.29, 0.717) is 49.9 Å². The molecule has 1 aromatic carbocycles. The highest BCUT2D eigenvalue weighted by Crippen LogP contribution is 2.18. The second kappa shape index (κ2) is 9.45. The average Bonchev–Trinajstić information content (AvgIpc) is 3.17. The van der Waals surface area contributed by atoms with Gasteiger partial charge < -0.3 is 15.4 Å². The van der Waals surface area contributed by atoms with Gasteiger partial charge in [0.1, 0.15) is 23.2 Å². The molecule has 0 spiro atoms. The molecule has 1 saturated heterocycles. The van der Waals surface area contributed by atoms with Crippen molar-refractivity contribution in [3.8, 4) is 5.75 Å². The van der Waals surface area contributed by atoms with Crippen molar-refractivity contribution in [1.82, 2.24) is 19.8 Å². The van der Waals surface area contributed by atoms with Crippen molar-refractivity contribution in [1.29, 1.82) is 0 Å². The van der Waals surface area contributed by atoms with Crippen molar-refractivity contribution in [2.24, 2.45) is 0 Å². The van der Waals surface area contributed by atoms with Crippen molar-refractivity contribution < 1.29 is 13.9 Å². The van der Waals surface area contributed by atoms with Gasteiger partial charge in [-0.05, 0) is 50.2 Å². The maximum absolute atomic E-state index is 12.9. The molecule has 0 saturated carbocycles. The second-order valence-corrected chi connectivity index (χ2v) is 7.00. The Labute approximate surface area is 164 Å². The molecule has 0 radical (unpaired) electrons. The summed E-state index contributed by atoms with van der Waals surface area (Å²) in [5, 5.41) is 0. The molecule has 0 bridgehead atoms. The maximum atomic E-state index is 12.9. The lowest BCUT2D eigenvalue weighted by Crippen LogP contribution is -2.36. The first kappa shape index (κ1) is 20.0. The summed E-state index contributed by atoms with van der Waals surface area (Å²) in [6, 6.07) is 7.83. The topological polar surface area (TPSA) is 84.6 Å².